The fourth-order valence-electron chi connectivity index (χ4n) is 1.91. The zero-order valence-corrected chi connectivity index (χ0v) is 11.4. The maximum atomic E-state index is 13.6. The molecule has 0 aliphatic carbocycles. The van der Waals surface area contributed by atoms with Gasteiger partial charge < -0.3 is 4.98 Å². The predicted molar refractivity (Wildman–Crippen MR) is 76.8 cm³/mol. The van der Waals surface area contributed by atoms with Crippen molar-refractivity contribution in [2.45, 2.75) is 6.54 Å². The number of fused-ring (bicyclic) bond motifs is 1. The third kappa shape index (κ3) is 2.13. The van der Waals surface area contributed by atoms with Gasteiger partial charge >= 0.3 is 0 Å². The monoisotopic (exact) mass is 292 g/mol. The van der Waals surface area contributed by atoms with Crippen molar-refractivity contribution in [2.75, 3.05) is 0 Å². The van der Waals surface area contributed by atoms with Gasteiger partial charge in [0.15, 0.2) is 4.77 Å². The molecule has 2 heterocycles. The van der Waals surface area contributed by atoms with Crippen LogP contribution >= 0.6 is 23.6 Å². The largest absolute Gasteiger partial charge is 0.331 e. The molecule has 3 rings (SSSR count). The topological polar surface area (TPSA) is 37.8 Å². The van der Waals surface area contributed by atoms with Gasteiger partial charge in [-0.05, 0) is 29.7 Å². The zero-order valence-electron chi connectivity index (χ0n) is 9.72. The van der Waals surface area contributed by atoms with Gasteiger partial charge in [-0.3, -0.25) is 9.36 Å². The molecule has 96 valence electrons. The Morgan fingerprint density at radius 2 is 2.11 bits per heavy atom. The van der Waals surface area contributed by atoms with E-state index in [4.69, 9.17) is 12.2 Å². The highest BCUT2D eigenvalue weighted by Crippen LogP contribution is 2.15. The van der Waals surface area contributed by atoms with Gasteiger partial charge in [0, 0.05) is 5.56 Å². The predicted octanol–water partition coefficient (Wildman–Crippen LogP) is 3.31. The Hall–Kier alpha value is -1.79. The number of thiophene rings is 1. The van der Waals surface area contributed by atoms with Gasteiger partial charge in [0.2, 0.25) is 0 Å². The van der Waals surface area contributed by atoms with E-state index in [1.165, 1.54) is 22.0 Å². The third-order valence-corrected chi connectivity index (χ3v) is 4.10. The highest BCUT2D eigenvalue weighted by molar-refractivity contribution is 7.71. The third-order valence-electron chi connectivity index (χ3n) is 2.88. The van der Waals surface area contributed by atoms with Crippen LogP contribution in [0.15, 0.2) is 40.5 Å². The van der Waals surface area contributed by atoms with Crippen molar-refractivity contribution in [1.82, 2.24) is 9.55 Å². The summed E-state index contributed by atoms with van der Waals surface area (Å²) in [6.07, 6.45) is 0. The number of H-pyrrole nitrogens is 1. The van der Waals surface area contributed by atoms with Crippen LogP contribution in [0.4, 0.5) is 4.39 Å². The lowest BCUT2D eigenvalue weighted by Gasteiger charge is -2.07. The summed E-state index contributed by atoms with van der Waals surface area (Å²) in [7, 11) is 0. The summed E-state index contributed by atoms with van der Waals surface area (Å²) in [5.41, 5.74) is 0.988. The molecule has 0 fully saturated rings. The molecule has 2 aromatic heterocycles. The lowest BCUT2D eigenvalue weighted by Crippen LogP contribution is -2.22. The van der Waals surface area contributed by atoms with E-state index in [1.807, 2.05) is 11.4 Å². The first-order chi connectivity index (χ1) is 9.16. The number of halogens is 1. The average molecular weight is 292 g/mol. The van der Waals surface area contributed by atoms with Crippen LogP contribution in [0.1, 0.15) is 5.56 Å². The number of aromatic nitrogens is 2. The van der Waals surface area contributed by atoms with E-state index in [0.29, 0.717) is 15.0 Å². The number of nitrogens with one attached hydrogen (secondary N) is 1. The maximum absolute atomic E-state index is 13.6. The number of aromatic amines is 1. The lowest BCUT2D eigenvalue weighted by molar-refractivity contribution is 0.594. The van der Waals surface area contributed by atoms with Crippen molar-refractivity contribution in [3.05, 3.63) is 62.2 Å². The molecule has 19 heavy (non-hydrogen) atoms. The average Bonchev–Trinajstić information content (AvgIpc) is 2.84. The molecule has 3 aromatic rings. The van der Waals surface area contributed by atoms with E-state index in [9.17, 15) is 9.18 Å². The SMILES string of the molecule is O=c1c2sccc2[nH]c(=S)n1Cc1ccccc1F. The number of benzene rings is 1. The van der Waals surface area contributed by atoms with E-state index in [1.54, 1.807) is 18.2 Å². The van der Waals surface area contributed by atoms with E-state index < -0.39 is 0 Å². The van der Waals surface area contributed by atoms with Gasteiger partial charge in [-0.25, -0.2) is 4.39 Å². The molecule has 0 spiro atoms. The minimum Gasteiger partial charge on any atom is -0.331 e. The van der Waals surface area contributed by atoms with Gasteiger partial charge in [0.05, 0.1) is 12.1 Å². The smallest absolute Gasteiger partial charge is 0.272 e. The van der Waals surface area contributed by atoms with Crippen molar-refractivity contribution in [1.29, 1.82) is 0 Å². The molecule has 0 amide bonds. The van der Waals surface area contributed by atoms with Crippen LogP contribution in [0.3, 0.4) is 0 Å². The van der Waals surface area contributed by atoms with Crippen LogP contribution in [0.2, 0.25) is 0 Å². The summed E-state index contributed by atoms with van der Waals surface area (Å²) >= 11 is 6.51. The Balaban J connectivity index is 2.18. The summed E-state index contributed by atoms with van der Waals surface area (Å²) in [5, 5.41) is 1.82. The molecule has 0 bridgehead atoms. The molecular formula is C13H9FN2OS2. The van der Waals surface area contributed by atoms with Gasteiger partial charge in [0.1, 0.15) is 10.5 Å². The second-order valence-corrected chi connectivity index (χ2v) is 5.38. The van der Waals surface area contributed by atoms with Gasteiger partial charge in [0.25, 0.3) is 5.56 Å². The fourth-order valence-corrected chi connectivity index (χ4v) is 2.97. The highest BCUT2D eigenvalue weighted by Gasteiger charge is 2.09. The molecule has 0 atom stereocenters. The summed E-state index contributed by atoms with van der Waals surface area (Å²) in [4.78, 5) is 15.3. The van der Waals surface area contributed by atoms with Crippen LogP contribution in [-0.2, 0) is 6.54 Å². The maximum Gasteiger partial charge on any atom is 0.272 e. The second kappa shape index (κ2) is 4.71. The Labute approximate surface area is 117 Å². The van der Waals surface area contributed by atoms with E-state index in [-0.39, 0.29) is 17.9 Å². The van der Waals surface area contributed by atoms with Gasteiger partial charge in [-0.15, -0.1) is 11.3 Å². The molecule has 3 nitrogen and oxygen atoms in total. The first-order valence-corrected chi connectivity index (χ1v) is 6.89. The molecule has 0 saturated carbocycles. The molecule has 0 radical (unpaired) electrons. The van der Waals surface area contributed by atoms with Crippen LogP contribution in [-0.4, -0.2) is 9.55 Å². The molecule has 0 aliphatic heterocycles. The van der Waals surface area contributed by atoms with Crippen molar-refractivity contribution in [3.63, 3.8) is 0 Å². The second-order valence-electron chi connectivity index (χ2n) is 4.08. The van der Waals surface area contributed by atoms with Crippen molar-refractivity contribution in [3.8, 4) is 0 Å². The van der Waals surface area contributed by atoms with E-state index in [2.05, 4.69) is 4.98 Å². The Morgan fingerprint density at radius 3 is 2.89 bits per heavy atom. The molecule has 0 aliphatic rings. The molecule has 1 N–H and O–H groups in total. The van der Waals surface area contributed by atoms with Crippen molar-refractivity contribution < 1.29 is 4.39 Å². The minimum absolute atomic E-state index is 0.134. The number of hydrogen-bond acceptors (Lipinski definition) is 3. The van der Waals surface area contributed by atoms with Crippen LogP contribution in [0.25, 0.3) is 10.2 Å². The molecule has 6 heteroatoms. The number of nitrogens with zero attached hydrogens (tertiary/aromatic N) is 1. The number of hydrogen-bond donors (Lipinski definition) is 1. The summed E-state index contributed by atoms with van der Waals surface area (Å²) in [5.74, 6) is -0.338. The Morgan fingerprint density at radius 1 is 1.32 bits per heavy atom. The van der Waals surface area contributed by atoms with E-state index >= 15 is 0 Å². The minimum atomic E-state index is -0.338. The van der Waals surface area contributed by atoms with Crippen molar-refractivity contribution in [2.24, 2.45) is 0 Å². The molecular weight excluding hydrogens is 283 g/mol. The lowest BCUT2D eigenvalue weighted by atomic mass is 10.2. The van der Waals surface area contributed by atoms with Gasteiger partial charge in [-0.1, -0.05) is 18.2 Å². The van der Waals surface area contributed by atoms with E-state index in [0.717, 1.165) is 5.52 Å². The van der Waals surface area contributed by atoms with Crippen LogP contribution in [0, 0.1) is 10.6 Å². The Kier molecular flexibility index (Phi) is 3.04. The molecule has 0 saturated heterocycles. The van der Waals surface area contributed by atoms with Crippen molar-refractivity contribution >= 4 is 33.8 Å². The molecule has 0 unspecified atom stereocenters. The quantitative estimate of drug-likeness (QED) is 0.736. The zero-order chi connectivity index (χ0) is 13.4. The Bertz CT molecular complexity index is 863. The highest BCUT2D eigenvalue weighted by atomic mass is 32.1. The van der Waals surface area contributed by atoms with Crippen LogP contribution < -0.4 is 5.56 Å². The summed E-state index contributed by atoms with van der Waals surface area (Å²) < 4.78 is 15.9. The first-order valence-electron chi connectivity index (χ1n) is 5.60. The normalized spacial score (nSPS) is 11.0. The standard InChI is InChI=1S/C13H9FN2OS2/c14-9-4-2-1-3-8(9)7-16-12(17)11-10(5-6-19-11)15-13(16)18/h1-6H,7H2,(H,15,18). The summed E-state index contributed by atoms with van der Waals surface area (Å²) in [6, 6.07) is 8.18. The summed E-state index contributed by atoms with van der Waals surface area (Å²) in [6.45, 7) is 0.134. The first kappa shape index (κ1) is 12.3. The van der Waals surface area contributed by atoms with Crippen LogP contribution in [0.5, 0.6) is 0 Å². The fraction of sp³-hybridized carbons (Fsp3) is 0.0769. The van der Waals surface area contributed by atoms with Gasteiger partial charge in [-0.2, -0.15) is 0 Å². The number of rotatable bonds is 2. The molecule has 1 aromatic carbocycles.